The van der Waals surface area contributed by atoms with Crippen LogP contribution in [0.15, 0.2) is 24.3 Å². The van der Waals surface area contributed by atoms with Gasteiger partial charge in [-0.15, -0.1) is 0 Å². The molecule has 1 aromatic carbocycles. The lowest BCUT2D eigenvalue weighted by atomic mass is 9.79. The van der Waals surface area contributed by atoms with E-state index in [-0.39, 0.29) is 5.92 Å². The number of rotatable bonds is 0. The fourth-order valence-electron chi connectivity index (χ4n) is 3.97. The summed E-state index contributed by atoms with van der Waals surface area (Å²) in [6, 6.07) is 9.17. The van der Waals surface area contributed by atoms with Gasteiger partial charge in [-0.25, -0.2) is 0 Å². The number of ketones is 1. The Hall–Kier alpha value is -1.35. The number of benzene rings is 1. The largest absolute Gasteiger partial charge is 0.379 e. The molecule has 4 rings (SSSR count). The summed E-state index contributed by atoms with van der Waals surface area (Å²) in [6.45, 7) is 1.75. The highest BCUT2D eigenvalue weighted by atomic mass is 16.1. The minimum Gasteiger partial charge on any atom is -0.379 e. The summed E-state index contributed by atoms with van der Waals surface area (Å²) in [7, 11) is 0. The highest BCUT2D eigenvalue weighted by Gasteiger charge is 2.47. The van der Waals surface area contributed by atoms with Gasteiger partial charge >= 0.3 is 0 Å². The number of para-hydroxylation sites is 1. The average molecular weight is 242 g/mol. The molecule has 0 radical (unpaired) electrons. The quantitative estimate of drug-likeness (QED) is 0.755. The van der Waals surface area contributed by atoms with Crippen molar-refractivity contribution >= 4 is 11.5 Å². The molecule has 3 nitrogen and oxygen atoms in total. The van der Waals surface area contributed by atoms with Gasteiger partial charge in [-0.05, 0) is 31.0 Å². The van der Waals surface area contributed by atoms with Crippen LogP contribution in [0.1, 0.15) is 30.7 Å². The normalized spacial score (nSPS) is 34.4. The lowest BCUT2D eigenvalue weighted by molar-refractivity contribution is -0.126. The number of fused-ring (bicyclic) bond motifs is 5. The van der Waals surface area contributed by atoms with Gasteiger partial charge in [0.1, 0.15) is 0 Å². The molecule has 3 heterocycles. The van der Waals surface area contributed by atoms with E-state index < -0.39 is 0 Å². The molecule has 3 aliphatic rings. The number of nitrogens with zero attached hydrogens (tertiary/aromatic N) is 1. The number of hydrogen-bond acceptors (Lipinski definition) is 3. The number of anilines is 1. The molecule has 18 heavy (non-hydrogen) atoms. The topological polar surface area (TPSA) is 32.3 Å². The molecule has 0 spiro atoms. The Morgan fingerprint density at radius 3 is 3.06 bits per heavy atom. The third kappa shape index (κ3) is 1.37. The molecule has 94 valence electrons. The first-order chi connectivity index (χ1) is 8.84. The zero-order valence-electron chi connectivity index (χ0n) is 10.4. The Bertz CT molecular complexity index is 499. The lowest BCUT2D eigenvalue weighted by Crippen LogP contribution is -2.58. The molecule has 1 aromatic rings. The molecule has 0 aliphatic carbocycles. The van der Waals surface area contributed by atoms with Crippen molar-refractivity contribution in [3.05, 3.63) is 29.8 Å². The summed E-state index contributed by atoms with van der Waals surface area (Å²) >= 11 is 0. The van der Waals surface area contributed by atoms with Gasteiger partial charge in [-0.3, -0.25) is 9.69 Å². The lowest BCUT2D eigenvalue weighted by Gasteiger charge is -2.44. The van der Waals surface area contributed by atoms with Crippen LogP contribution in [-0.2, 0) is 4.79 Å². The molecule has 3 aliphatic heterocycles. The van der Waals surface area contributed by atoms with E-state index in [1.807, 2.05) is 12.1 Å². The zero-order valence-corrected chi connectivity index (χ0v) is 10.4. The molecule has 3 atom stereocenters. The molecule has 0 aromatic heterocycles. The summed E-state index contributed by atoms with van der Waals surface area (Å²) < 4.78 is 0. The maximum atomic E-state index is 12.4. The summed E-state index contributed by atoms with van der Waals surface area (Å²) in [4.78, 5) is 14.8. The first kappa shape index (κ1) is 10.6. The van der Waals surface area contributed by atoms with Crippen molar-refractivity contribution in [1.82, 2.24) is 4.90 Å². The van der Waals surface area contributed by atoms with E-state index in [1.165, 1.54) is 30.5 Å². The van der Waals surface area contributed by atoms with Crippen molar-refractivity contribution < 1.29 is 4.79 Å². The van der Waals surface area contributed by atoms with Crippen LogP contribution in [0.4, 0.5) is 5.69 Å². The van der Waals surface area contributed by atoms with Crippen molar-refractivity contribution in [1.29, 1.82) is 0 Å². The molecular formula is C15H18N2O. The number of Topliss-reactive ketones (excluding diaryl/α,β-unsaturated/α-hetero) is 1. The second-order valence-corrected chi connectivity index (χ2v) is 5.73. The van der Waals surface area contributed by atoms with Gasteiger partial charge in [-0.2, -0.15) is 0 Å². The number of carbonyl (C=O) groups excluding carboxylic acids is 1. The first-order valence-electron chi connectivity index (χ1n) is 6.97. The van der Waals surface area contributed by atoms with Crippen LogP contribution in [0.2, 0.25) is 0 Å². The Labute approximate surface area is 107 Å². The van der Waals surface area contributed by atoms with Gasteiger partial charge < -0.3 is 5.32 Å². The smallest absolute Gasteiger partial charge is 0.156 e. The molecule has 0 bridgehead atoms. The van der Waals surface area contributed by atoms with E-state index >= 15 is 0 Å². The van der Waals surface area contributed by atoms with E-state index in [1.54, 1.807) is 0 Å². The second-order valence-electron chi connectivity index (χ2n) is 5.73. The summed E-state index contributed by atoms with van der Waals surface area (Å²) in [5.74, 6) is 0.496. The van der Waals surface area contributed by atoms with Crippen LogP contribution in [0.3, 0.4) is 0 Å². The van der Waals surface area contributed by atoms with Gasteiger partial charge in [-0.1, -0.05) is 24.6 Å². The molecule has 0 unspecified atom stereocenters. The molecule has 0 saturated carbocycles. The second kappa shape index (κ2) is 3.82. The maximum Gasteiger partial charge on any atom is 0.156 e. The zero-order chi connectivity index (χ0) is 12.1. The van der Waals surface area contributed by atoms with Crippen LogP contribution >= 0.6 is 0 Å². The standard InChI is InChI=1S/C15H18N2O/c18-13-9-17-8-4-3-7-12(17)15-14(13)10-5-1-2-6-11(10)16-15/h1-2,5-6,12,14-16H,3-4,7-9H2/t12-,14+,15-/m0/s1. The number of piperidine rings is 2. The Morgan fingerprint density at radius 1 is 1.22 bits per heavy atom. The van der Waals surface area contributed by atoms with Gasteiger partial charge in [0.2, 0.25) is 0 Å². The van der Waals surface area contributed by atoms with Crippen LogP contribution in [0, 0.1) is 0 Å². The minimum absolute atomic E-state index is 0.0977. The van der Waals surface area contributed by atoms with E-state index in [9.17, 15) is 4.79 Å². The summed E-state index contributed by atoms with van der Waals surface area (Å²) in [6.07, 6.45) is 3.78. The highest BCUT2D eigenvalue weighted by Crippen LogP contribution is 2.43. The van der Waals surface area contributed by atoms with Crippen LogP contribution in [0.5, 0.6) is 0 Å². The van der Waals surface area contributed by atoms with E-state index in [0.717, 1.165) is 6.54 Å². The van der Waals surface area contributed by atoms with E-state index in [2.05, 4.69) is 22.3 Å². The van der Waals surface area contributed by atoms with Crippen LogP contribution in [-0.4, -0.2) is 35.9 Å². The molecule has 1 N–H and O–H groups in total. The number of nitrogens with one attached hydrogen (secondary N) is 1. The highest BCUT2D eigenvalue weighted by molar-refractivity contribution is 5.93. The summed E-state index contributed by atoms with van der Waals surface area (Å²) in [5, 5.41) is 3.60. The van der Waals surface area contributed by atoms with Crippen molar-refractivity contribution in [3.63, 3.8) is 0 Å². The SMILES string of the molecule is O=C1CN2CCCC[C@H]2[C@@H]2Nc3ccccc3[C@H]12. The third-order valence-corrected chi connectivity index (χ3v) is 4.76. The molecular weight excluding hydrogens is 224 g/mol. The first-order valence-corrected chi connectivity index (χ1v) is 6.97. The predicted molar refractivity (Wildman–Crippen MR) is 70.8 cm³/mol. The van der Waals surface area contributed by atoms with Crippen molar-refractivity contribution in [2.75, 3.05) is 18.4 Å². The van der Waals surface area contributed by atoms with E-state index in [0.29, 0.717) is 24.4 Å². The van der Waals surface area contributed by atoms with Gasteiger partial charge in [0.25, 0.3) is 0 Å². The van der Waals surface area contributed by atoms with Crippen molar-refractivity contribution in [2.24, 2.45) is 0 Å². The average Bonchev–Trinajstić information content (AvgIpc) is 2.79. The van der Waals surface area contributed by atoms with Gasteiger partial charge in [0.15, 0.2) is 5.78 Å². The van der Waals surface area contributed by atoms with Gasteiger partial charge in [0.05, 0.1) is 18.5 Å². The molecule has 2 fully saturated rings. The Kier molecular flexibility index (Phi) is 2.24. The Morgan fingerprint density at radius 2 is 2.11 bits per heavy atom. The van der Waals surface area contributed by atoms with Crippen LogP contribution in [0.25, 0.3) is 0 Å². The van der Waals surface area contributed by atoms with Gasteiger partial charge in [0, 0.05) is 11.7 Å². The maximum absolute atomic E-state index is 12.4. The fraction of sp³-hybridized carbons (Fsp3) is 0.533. The Balaban J connectivity index is 1.74. The molecule has 0 amide bonds. The summed E-state index contributed by atoms with van der Waals surface area (Å²) in [5.41, 5.74) is 2.39. The van der Waals surface area contributed by atoms with Crippen molar-refractivity contribution in [2.45, 2.75) is 37.3 Å². The number of carbonyl (C=O) groups is 1. The van der Waals surface area contributed by atoms with Crippen molar-refractivity contribution in [3.8, 4) is 0 Å². The minimum atomic E-state index is 0.0977. The molecule has 3 heteroatoms. The van der Waals surface area contributed by atoms with Crippen LogP contribution < -0.4 is 5.32 Å². The predicted octanol–water partition coefficient (Wildman–Crippen LogP) is 2.00. The fourth-order valence-corrected chi connectivity index (χ4v) is 3.97. The number of hydrogen-bond donors (Lipinski definition) is 1. The monoisotopic (exact) mass is 242 g/mol. The third-order valence-electron chi connectivity index (χ3n) is 4.76. The van der Waals surface area contributed by atoms with E-state index in [4.69, 9.17) is 0 Å². The molecule has 2 saturated heterocycles.